The highest BCUT2D eigenvalue weighted by atomic mass is 35.5. The zero-order valence-electron chi connectivity index (χ0n) is 13.2. The first kappa shape index (κ1) is 16.3. The molecule has 1 saturated heterocycles. The number of benzene rings is 2. The van der Waals surface area contributed by atoms with E-state index in [2.05, 4.69) is 19.8 Å². The molecule has 0 radical (unpaired) electrons. The number of halogens is 1. The molecule has 0 amide bonds. The fraction of sp³-hybridized carbons (Fsp3) is 0.250. The molecule has 0 spiro atoms. The Balaban J connectivity index is 1.59. The Kier molecular flexibility index (Phi) is 4.10. The summed E-state index contributed by atoms with van der Waals surface area (Å²) in [6.45, 7) is 2.04. The first-order valence-corrected chi connectivity index (χ1v) is 9.60. The van der Waals surface area contributed by atoms with Crippen LogP contribution in [0.3, 0.4) is 0 Å². The second-order valence-electron chi connectivity index (χ2n) is 5.73. The molecule has 0 aliphatic carbocycles. The van der Waals surface area contributed by atoms with Crippen LogP contribution in [0.5, 0.6) is 0 Å². The zero-order chi connectivity index (χ0) is 17.4. The summed E-state index contributed by atoms with van der Waals surface area (Å²) in [5.41, 5.74) is 1.51. The number of anilines is 1. The predicted octanol–water partition coefficient (Wildman–Crippen LogP) is 2.39. The minimum atomic E-state index is -3.70. The van der Waals surface area contributed by atoms with E-state index < -0.39 is 10.0 Å². The minimum absolute atomic E-state index is 0.0707. The molecule has 9 heteroatoms. The van der Waals surface area contributed by atoms with Gasteiger partial charge in [0.25, 0.3) is 0 Å². The lowest BCUT2D eigenvalue weighted by atomic mass is 10.2. The fourth-order valence-electron chi connectivity index (χ4n) is 2.99. The van der Waals surface area contributed by atoms with Gasteiger partial charge in [-0.1, -0.05) is 29.8 Å². The maximum atomic E-state index is 13.0. The van der Waals surface area contributed by atoms with Crippen LogP contribution in [-0.2, 0) is 10.0 Å². The maximum Gasteiger partial charge on any atom is 0.245 e. The Morgan fingerprint density at radius 2 is 1.60 bits per heavy atom. The van der Waals surface area contributed by atoms with Crippen molar-refractivity contribution < 1.29 is 13.0 Å². The third-order valence-corrected chi connectivity index (χ3v) is 6.54. The van der Waals surface area contributed by atoms with Gasteiger partial charge in [0.15, 0.2) is 11.0 Å². The number of hydrogen-bond acceptors (Lipinski definition) is 6. The van der Waals surface area contributed by atoms with Crippen LogP contribution in [0.4, 0.5) is 5.69 Å². The van der Waals surface area contributed by atoms with Gasteiger partial charge in [0.1, 0.15) is 4.90 Å². The molecule has 0 bridgehead atoms. The Labute approximate surface area is 149 Å². The molecule has 2 aromatic carbocycles. The summed E-state index contributed by atoms with van der Waals surface area (Å²) in [6, 6.07) is 12.9. The highest BCUT2D eigenvalue weighted by molar-refractivity contribution is 7.89. The van der Waals surface area contributed by atoms with Gasteiger partial charge in [0.05, 0.1) is 5.02 Å². The summed E-state index contributed by atoms with van der Waals surface area (Å²) in [5, 5.41) is 7.71. The van der Waals surface area contributed by atoms with Crippen LogP contribution in [-0.4, -0.2) is 49.2 Å². The lowest BCUT2D eigenvalue weighted by molar-refractivity contribution is 0.315. The molecular weight excluding hydrogens is 364 g/mol. The van der Waals surface area contributed by atoms with E-state index in [1.165, 1.54) is 16.4 Å². The van der Waals surface area contributed by atoms with Crippen LogP contribution in [0.2, 0.25) is 5.02 Å². The smallest absolute Gasteiger partial charge is 0.245 e. The van der Waals surface area contributed by atoms with E-state index in [-0.39, 0.29) is 15.9 Å². The van der Waals surface area contributed by atoms with Crippen LogP contribution in [0.25, 0.3) is 11.0 Å². The molecule has 0 unspecified atom stereocenters. The van der Waals surface area contributed by atoms with Crippen molar-refractivity contribution in [3.63, 3.8) is 0 Å². The second kappa shape index (κ2) is 6.29. The van der Waals surface area contributed by atoms with Crippen molar-refractivity contribution in [1.82, 2.24) is 14.6 Å². The molecule has 1 aromatic heterocycles. The Morgan fingerprint density at radius 3 is 2.32 bits per heavy atom. The van der Waals surface area contributed by atoms with Crippen LogP contribution in [0, 0.1) is 0 Å². The summed E-state index contributed by atoms with van der Waals surface area (Å²) < 4.78 is 32.1. The van der Waals surface area contributed by atoms with Crippen molar-refractivity contribution in [3.05, 3.63) is 47.5 Å². The molecule has 0 saturated carbocycles. The predicted molar refractivity (Wildman–Crippen MR) is 94.2 cm³/mol. The standard InChI is InChI=1S/C16H15ClN4O3S/c17-13-6-7-14(16-15(13)18-24-19-16)25(22,23)21-10-8-20(9-11-21)12-4-2-1-3-5-12/h1-7H,8-11H2. The Morgan fingerprint density at radius 1 is 0.920 bits per heavy atom. The monoisotopic (exact) mass is 378 g/mol. The number of nitrogens with zero attached hydrogens (tertiary/aromatic N) is 4. The second-order valence-corrected chi connectivity index (χ2v) is 8.05. The Bertz CT molecular complexity index is 999. The van der Waals surface area contributed by atoms with Crippen molar-refractivity contribution in [1.29, 1.82) is 0 Å². The van der Waals surface area contributed by atoms with Crippen molar-refractivity contribution >= 4 is 38.3 Å². The van der Waals surface area contributed by atoms with E-state index in [0.29, 0.717) is 31.2 Å². The number of hydrogen-bond donors (Lipinski definition) is 0. The fourth-order valence-corrected chi connectivity index (χ4v) is 4.71. The topological polar surface area (TPSA) is 79.5 Å². The van der Waals surface area contributed by atoms with Gasteiger partial charge < -0.3 is 4.90 Å². The van der Waals surface area contributed by atoms with Gasteiger partial charge in [-0.15, -0.1) is 0 Å². The number of piperazine rings is 1. The molecule has 1 aliphatic heterocycles. The van der Waals surface area contributed by atoms with Crippen molar-refractivity contribution in [3.8, 4) is 0 Å². The van der Waals surface area contributed by atoms with E-state index >= 15 is 0 Å². The normalized spacial score (nSPS) is 16.4. The minimum Gasteiger partial charge on any atom is -0.369 e. The highest BCUT2D eigenvalue weighted by Crippen LogP contribution is 2.29. The summed E-state index contributed by atoms with van der Waals surface area (Å²) in [4.78, 5) is 2.24. The van der Waals surface area contributed by atoms with Gasteiger partial charge in [0, 0.05) is 31.9 Å². The van der Waals surface area contributed by atoms with Crippen molar-refractivity contribution in [2.24, 2.45) is 0 Å². The highest BCUT2D eigenvalue weighted by Gasteiger charge is 2.31. The third kappa shape index (κ3) is 2.86. The molecular formula is C16H15ClN4O3S. The number of sulfonamides is 1. The molecule has 2 heterocycles. The van der Waals surface area contributed by atoms with Crippen LogP contribution >= 0.6 is 11.6 Å². The lowest BCUT2D eigenvalue weighted by Gasteiger charge is -2.35. The van der Waals surface area contributed by atoms with E-state index in [0.717, 1.165) is 5.69 Å². The van der Waals surface area contributed by atoms with Crippen molar-refractivity contribution in [2.75, 3.05) is 31.1 Å². The molecule has 0 atom stereocenters. The molecule has 1 fully saturated rings. The maximum absolute atomic E-state index is 13.0. The van der Waals surface area contributed by atoms with Gasteiger partial charge >= 0.3 is 0 Å². The van der Waals surface area contributed by atoms with Gasteiger partial charge in [-0.25, -0.2) is 13.0 Å². The third-order valence-electron chi connectivity index (χ3n) is 4.31. The summed E-state index contributed by atoms with van der Waals surface area (Å²) in [5.74, 6) is 0. The SMILES string of the molecule is O=S(=O)(c1ccc(Cl)c2nonc12)N1CCN(c2ccccc2)CC1. The van der Waals surface area contributed by atoms with Gasteiger partial charge in [-0.3, -0.25) is 0 Å². The van der Waals surface area contributed by atoms with Crippen LogP contribution < -0.4 is 4.90 Å². The first-order valence-electron chi connectivity index (χ1n) is 7.78. The zero-order valence-corrected chi connectivity index (χ0v) is 14.7. The van der Waals surface area contributed by atoms with Gasteiger partial charge in [0.2, 0.25) is 10.0 Å². The largest absolute Gasteiger partial charge is 0.369 e. The average Bonchev–Trinajstić information content (AvgIpc) is 3.13. The van der Waals surface area contributed by atoms with E-state index in [4.69, 9.17) is 11.6 Å². The molecule has 3 aromatic rings. The number of aromatic nitrogens is 2. The van der Waals surface area contributed by atoms with Gasteiger partial charge in [-0.2, -0.15) is 4.31 Å². The van der Waals surface area contributed by atoms with E-state index in [1.807, 2.05) is 30.3 Å². The average molecular weight is 379 g/mol. The Hall–Kier alpha value is -2.16. The van der Waals surface area contributed by atoms with Crippen LogP contribution in [0.1, 0.15) is 0 Å². The molecule has 1 aliphatic rings. The van der Waals surface area contributed by atoms with Crippen LogP contribution in [0.15, 0.2) is 52.0 Å². The van der Waals surface area contributed by atoms with E-state index in [9.17, 15) is 8.42 Å². The molecule has 7 nitrogen and oxygen atoms in total. The summed E-state index contributed by atoms with van der Waals surface area (Å²) in [6.07, 6.45) is 0. The molecule has 0 N–H and O–H groups in total. The number of fused-ring (bicyclic) bond motifs is 1. The summed E-state index contributed by atoms with van der Waals surface area (Å²) in [7, 11) is -3.70. The first-order chi connectivity index (χ1) is 12.1. The molecule has 25 heavy (non-hydrogen) atoms. The number of rotatable bonds is 3. The van der Waals surface area contributed by atoms with E-state index in [1.54, 1.807) is 0 Å². The quantitative estimate of drug-likeness (QED) is 0.696. The van der Waals surface area contributed by atoms with Crippen molar-refractivity contribution in [2.45, 2.75) is 4.90 Å². The van der Waals surface area contributed by atoms with Gasteiger partial charge in [-0.05, 0) is 34.6 Å². The summed E-state index contributed by atoms with van der Waals surface area (Å²) >= 11 is 6.02. The molecule has 130 valence electrons. The molecule has 4 rings (SSSR count). The number of para-hydroxylation sites is 1. The lowest BCUT2D eigenvalue weighted by Crippen LogP contribution is -2.48.